The van der Waals surface area contributed by atoms with E-state index in [1.807, 2.05) is 26.8 Å². The summed E-state index contributed by atoms with van der Waals surface area (Å²) in [7, 11) is 0. The molecule has 0 spiro atoms. The van der Waals surface area contributed by atoms with Gasteiger partial charge in [-0.1, -0.05) is 0 Å². The first-order valence-corrected chi connectivity index (χ1v) is 9.60. The highest BCUT2D eigenvalue weighted by molar-refractivity contribution is 5.93. The minimum absolute atomic E-state index is 0.0622. The van der Waals surface area contributed by atoms with Gasteiger partial charge in [-0.05, 0) is 33.6 Å². The molecule has 1 saturated heterocycles. The number of rotatable bonds is 7. The van der Waals surface area contributed by atoms with Crippen LogP contribution in [0, 0.1) is 6.92 Å². The van der Waals surface area contributed by atoms with Gasteiger partial charge in [-0.2, -0.15) is 5.10 Å². The van der Waals surface area contributed by atoms with Crippen molar-refractivity contribution in [3.05, 3.63) is 29.7 Å². The van der Waals surface area contributed by atoms with Gasteiger partial charge in [-0.15, -0.1) is 0 Å². The Morgan fingerprint density at radius 1 is 1.34 bits per heavy atom. The van der Waals surface area contributed by atoms with Crippen molar-refractivity contribution in [3.8, 4) is 0 Å². The van der Waals surface area contributed by atoms with Crippen molar-refractivity contribution < 1.29 is 14.4 Å². The van der Waals surface area contributed by atoms with Crippen molar-refractivity contribution in [2.45, 2.75) is 45.2 Å². The van der Waals surface area contributed by atoms with Crippen LogP contribution in [0.3, 0.4) is 0 Å². The topological polar surface area (TPSA) is 135 Å². The van der Waals surface area contributed by atoms with E-state index in [9.17, 15) is 14.4 Å². The lowest BCUT2D eigenvalue weighted by atomic mass is 10.1. The van der Waals surface area contributed by atoms with Gasteiger partial charge in [0.15, 0.2) is 5.65 Å². The molecule has 10 nitrogen and oxygen atoms in total. The highest BCUT2D eigenvalue weighted by Gasteiger charge is 2.33. The summed E-state index contributed by atoms with van der Waals surface area (Å²) >= 11 is 0. The van der Waals surface area contributed by atoms with Gasteiger partial charge in [-0.3, -0.25) is 14.4 Å². The number of aryl methyl sites for hydroxylation is 1. The second-order valence-electron chi connectivity index (χ2n) is 8.00. The number of carbonyl (C=O) groups excluding carboxylic acids is 3. The lowest BCUT2D eigenvalue weighted by molar-refractivity contribution is -0.136. The normalized spacial score (nSPS) is 16.9. The SMILES string of the molecule is Cc1cc2ncc(C(=O)NCC(C)(C)NCC(=O)N3CCCC3C(N)=O)cn2n1. The Morgan fingerprint density at radius 2 is 2.10 bits per heavy atom. The monoisotopic (exact) mass is 401 g/mol. The average molecular weight is 401 g/mol. The Labute approximate surface area is 168 Å². The summed E-state index contributed by atoms with van der Waals surface area (Å²) in [5.41, 5.74) is 6.73. The molecule has 3 rings (SSSR count). The van der Waals surface area contributed by atoms with E-state index < -0.39 is 17.5 Å². The van der Waals surface area contributed by atoms with Crippen molar-refractivity contribution in [1.29, 1.82) is 0 Å². The van der Waals surface area contributed by atoms with Gasteiger partial charge in [0.1, 0.15) is 6.04 Å². The summed E-state index contributed by atoms with van der Waals surface area (Å²) in [5, 5.41) is 10.3. The molecule has 10 heteroatoms. The summed E-state index contributed by atoms with van der Waals surface area (Å²) < 4.78 is 1.57. The first-order valence-electron chi connectivity index (χ1n) is 9.60. The molecule has 156 valence electrons. The summed E-state index contributed by atoms with van der Waals surface area (Å²) in [6.07, 6.45) is 4.51. The minimum atomic E-state index is -0.535. The fourth-order valence-corrected chi connectivity index (χ4v) is 3.36. The quantitative estimate of drug-likeness (QED) is 0.578. The lowest BCUT2D eigenvalue weighted by Crippen LogP contribution is -2.54. The molecule has 3 amide bonds. The second-order valence-corrected chi connectivity index (χ2v) is 8.00. The van der Waals surface area contributed by atoms with Crippen LogP contribution in [0.1, 0.15) is 42.7 Å². The Balaban J connectivity index is 1.52. The molecule has 0 bridgehead atoms. The zero-order valence-corrected chi connectivity index (χ0v) is 16.9. The van der Waals surface area contributed by atoms with E-state index >= 15 is 0 Å². The van der Waals surface area contributed by atoms with E-state index in [2.05, 4.69) is 20.7 Å². The summed E-state index contributed by atoms with van der Waals surface area (Å²) in [5.74, 6) is -0.920. The molecule has 2 aromatic heterocycles. The molecule has 3 heterocycles. The number of fused-ring (bicyclic) bond motifs is 1. The average Bonchev–Trinajstić information content (AvgIpc) is 3.29. The Morgan fingerprint density at radius 3 is 2.83 bits per heavy atom. The third-order valence-corrected chi connectivity index (χ3v) is 5.01. The van der Waals surface area contributed by atoms with Gasteiger partial charge in [0.2, 0.25) is 11.8 Å². The molecule has 0 radical (unpaired) electrons. The van der Waals surface area contributed by atoms with Crippen LogP contribution in [-0.4, -0.2) is 68.4 Å². The standard InChI is InChI=1S/C19H27N7O3/c1-12-7-15-21-8-13(10-26(15)24-12)18(29)22-11-19(2,3)23-9-16(27)25-6-4-5-14(25)17(20)28/h7-8,10,14,23H,4-6,9,11H2,1-3H3,(H2,20,28)(H,22,29). The fraction of sp³-hybridized carbons (Fsp3) is 0.526. The minimum Gasteiger partial charge on any atom is -0.368 e. The van der Waals surface area contributed by atoms with Crippen molar-refractivity contribution in [2.75, 3.05) is 19.6 Å². The number of primary amides is 1. The number of nitrogens with one attached hydrogen (secondary N) is 2. The Kier molecular flexibility index (Phi) is 5.83. The smallest absolute Gasteiger partial charge is 0.254 e. The van der Waals surface area contributed by atoms with E-state index in [1.54, 1.807) is 10.7 Å². The largest absolute Gasteiger partial charge is 0.368 e. The molecule has 4 N–H and O–H groups in total. The number of nitrogens with zero attached hydrogens (tertiary/aromatic N) is 4. The third-order valence-electron chi connectivity index (χ3n) is 5.01. The van der Waals surface area contributed by atoms with E-state index in [-0.39, 0.29) is 18.4 Å². The molecule has 1 unspecified atom stereocenters. The van der Waals surface area contributed by atoms with Gasteiger partial charge >= 0.3 is 0 Å². The maximum absolute atomic E-state index is 12.5. The van der Waals surface area contributed by atoms with Crippen LogP contribution in [0.5, 0.6) is 0 Å². The summed E-state index contributed by atoms with van der Waals surface area (Å²) in [6.45, 7) is 6.52. The predicted molar refractivity (Wildman–Crippen MR) is 106 cm³/mol. The molecule has 0 aromatic carbocycles. The molecule has 0 aliphatic carbocycles. The van der Waals surface area contributed by atoms with Crippen LogP contribution in [-0.2, 0) is 9.59 Å². The number of nitrogens with two attached hydrogens (primary N) is 1. The number of carbonyl (C=O) groups is 3. The number of aromatic nitrogens is 3. The lowest BCUT2D eigenvalue weighted by Gasteiger charge is -2.29. The predicted octanol–water partition coefficient (Wildman–Crippen LogP) is -0.388. The first-order chi connectivity index (χ1) is 13.7. The molecule has 2 aromatic rings. The summed E-state index contributed by atoms with van der Waals surface area (Å²) in [6, 6.07) is 1.30. The van der Waals surface area contributed by atoms with Crippen LogP contribution in [0.2, 0.25) is 0 Å². The Hall–Kier alpha value is -3.01. The van der Waals surface area contributed by atoms with Crippen LogP contribution >= 0.6 is 0 Å². The maximum Gasteiger partial charge on any atom is 0.254 e. The maximum atomic E-state index is 12.5. The Bertz CT molecular complexity index is 937. The molecule has 1 atom stereocenters. The van der Waals surface area contributed by atoms with Crippen LogP contribution in [0.4, 0.5) is 0 Å². The first kappa shape index (κ1) is 20.7. The molecule has 1 fully saturated rings. The number of likely N-dealkylation sites (tertiary alicyclic amines) is 1. The van der Waals surface area contributed by atoms with Crippen LogP contribution in [0.25, 0.3) is 5.65 Å². The van der Waals surface area contributed by atoms with Crippen LogP contribution < -0.4 is 16.4 Å². The highest BCUT2D eigenvalue weighted by Crippen LogP contribution is 2.17. The van der Waals surface area contributed by atoms with Gasteiger partial charge < -0.3 is 21.3 Å². The van der Waals surface area contributed by atoms with E-state index in [4.69, 9.17) is 5.73 Å². The van der Waals surface area contributed by atoms with Crippen molar-refractivity contribution in [2.24, 2.45) is 5.73 Å². The molecular formula is C19H27N7O3. The van der Waals surface area contributed by atoms with E-state index in [1.165, 1.54) is 11.1 Å². The van der Waals surface area contributed by atoms with Gasteiger partial charge in [0.05, 0.1) is 17.8 Å². The fourth-order valence-electron chi connectivity index (χ4n) is 3.36. The second kappa shape index (κ2) is 8.16. The van der Waals surface area contributed by atoms with E-state index in [0.717, 1.165) is 12.1 Å². The van der Waals surface area contributed by atoms with Gasteiger partial charge in [0, 0.05) is 37.1 Å². The van der Waals surface area contributed by atoms with Crippen LogP contribution in [0.15, 0.2) is 18.5 Å². The number of amides is 3. The molecular weight excluding hydrogens is 374 g/mol. The molecule has 29 heavy (non-hydrogen) atoms. The number of hydrogen-bond acceptors (Lipinski definition) is 6. The van der Waals surface area contributed by atoms with Crippen molar-refractivity contribution in [3.63, 3.8) is 0 Å². The van der Waals surface area contributed by atoms with Crippen molar-refractivity contribution >= 4 is 23.4 Å². The number of hydrogen-bond donors (Lipinski definition) is 3. The highest BCUT2D eigenvalue weighted by atomic mass is 16.2. The molecule has 0 saturated carbocycles. The molecule has 1 aliphatic rings. The zero-order valence-electron chi connectivity index (χ0n) is 16.9. The van der Waals surface area contributed by atoms with Gasteiger partial charge in [-0.25, -0.2) is 9.50 Å². The van der Waals surface area contributed by atoms with Crippen molar-refractivity contribution in [1.82, 2.24) is 30.1 Å². The van der Waals surface area contributed by atoms with E-state index in [0.29, 0.717) is 30.7 Å². The van der Waals surface area contributed by atoms with Gasteiger partial charge in [0.25, 0.3) is 5.91 Å². The summed E-state index contributed by atoms with van der Waals surface area (Å²) in [4.78, 5) is 42.1. The zero-order chi connectivity index (χ0) is 21.2. The third kappa shape index (κ3) is 4.89. The molecule has 1 aliphatic heterocycles.